The summed E-state index contributed by atoms with van der Waals surface area (Å²) in [6.07, 6.45) is 0.534. The maximum absolute atomic E-state index is 11.8. The van der Waals surface area contributed by atoms with Crippen molar-refractivity contribution in [2.45, 2.75) is 13.3 Å². The van der Waals surface area contributed by atoms with Crippen LogP contribution < -0.4 is 5.32 Å². The van der Waals surface area contributed by atoms with E-state index in [9.17, 15) is 19.7 Å². The first kappa shape index (κ1) is 17.4. The van der Waals surface area contributed by atoms with Crippen LogP contribution in [-0.2, 0) is 11.2 Å². The summed E-state index contributed by atoms with van der Waals surface area (Å²) in [6, 6.07) is 5.76. The van der Waals surface area contributed by atoms with E-state index in [0.717, 1.165) is 5.56 Å². The zero-order valence-electron chi connectivity index (χ0n) is 12.5. The van der Waals surface area contributed by atoms with Gasteiger partial charge in [0, 0.05) is 32.3 Å². The molecule has 0 aliphatic heterocycles. The summed E-state index contributed by atoms with van der Waals surface area (Å²) < 4.78 is 0. The molecule has 0 aliphatic carbocycles. The largest absolute Gasteiger partial charge is 0.481 e. The smallest absolute Gasteiger partial charge is 0.317 e. The van der Waals surface area contributed by atoms with Crippen molar-refractivity contribution in [2.75, 3.05) is 20.1 Å². The highest BCUT2D eigenvalue weighted by atomic mass is 16.6. The van der Waals surface area contributed by atoms with E-state index in [2.05, 4.69) is 5.32 Å². The molecular formula is C14H19N3O5. The minimum Gasteiger partial charge on any atom is -0.481 e. The third-order valence-corrected chi connectivity index (χ3v) is 3.15. The van der Waals surface area contributed by atoms with Crippen LogP contribution in [0.15, 0.2) is 24.3 Å². The number of carboxylic acid groups (broad SMARTS) is 1. The van der Waals surface area contributed by atoms with E-state index in [-0.39, 0.29) is 18.3 Å². The molecule has 0 heterocycles. The molecule has 2 amide bonds. The van der Waals surface area contributed by atoms with Crippen LogP contribution in [0.1, 0.15) is 12.5 Å². The van der Waals surface area contributed by atoms with Crippen LogP contribution in [0.25, 0.3) is 0 Å². The molecule has 8 heteroatoms. The summed E-state index contributed by atoms with van der Waals surface area (Å²) >= 11 is 0. The van der Waals surface area contributed by atoms with Crippen LogP contribution in [0.2, 0.25) is 0 Å². The average molecular weight is 309 g/mol. The number of rotatable bonds is 7. The van der Waals surface area contributed by atoms with Gasteiger partial charge in [0.05, 0.1) is 10.8 Å². The molecule has 0 spiro atoms. The van der Waals surface area contributed by atoms with Gasteiger partial charge in [-0.2, -0.15) is 0 Å². The Morgan fingerprint density at radius 2 is 1.95 bits per heavy atom. The minimum atomic E-state index is -0.953. The second-order valence-electron chi connectivity index (χ2n) is 5.03. The fourth-order valence-electron chi connectivity index (χ4n) is 1.80. The highest BCUT2D eigenvalue weighted by Crippen LogP contribution is 2.11. The molecule has 0 bridgehead atoms. The molecule has 120 valence electrons. The number of urea groups is 1. The number of nitro groups is 1. The van der Waals surface area contributed by atoms with E-state index in [1.807, 2.05) is 0 Å². The lowest BCUT2D eigenvalue weighted by atomic mass is 10.1. The predicted octanol–water partition coefficient (Wildman–Crippen LogP) is 1.50. The molecule has 1 aromatic carbocycles. The maximum Gasteiger partial charge on any atom is 0.317 e. The molecule has 22 heavy (non-hydrogen) atoms. The molecule has 0 saturated carbocycles. The lowest BCUT2D eigenvalue weighted by molar-refractivity contribution is -0.384. The van der Waals surface area contributed by atoms with Gasteiger partial charge in [-0.1, -0.05) is 19.1 Å². The Labute approximate surface area is 127 Å². The summed E-state index contributed by atoms with van der Waals surface area (Å²) in [4.78, 5) is 33.9. The highest BCUT2D eigenvalue weighted by molar-refractivity contribution is 5.75. The standard InChI is InChI=1S/C14H19N3O5/c1-10(13(18)19)9-16(2)14(20)15-8-7-11-3-5-12(6-4-11)17(21)22/h3-6,10H,7-9H2,1-2H3,(H,15,20)(H,18,19). The maximum atomic E-state index is 11.8. The number of carbonyl (C=O) groups excluding carboxylic acids is 1. The van der Waals surface area contributed by atoms with Gasteiger partial charge < -0.3 is 15.3 Å². The van der Waals surface area contributed by atoms with Crippen LogP contribution in [-0.4, -0.2) is 47.1 Å². The van der Waals surface area contributed by atoms with Gasteiger partial charge in [0.25, 0.3) is 5.69 Å². The van der Waals surface area contributed by atoms with Crippen molar-refractivity contribution in [1.82, 2.24) is 10.2 Å². The lowest BCUT2D eigenvalue weighted by Gasteiger charge is -2.20. The Hall–Kier alpha value is -2.64. The molecular weight excluding hydrogens is 290 g/mol. The molecule has 0 radical (unpaired) electrons. The van der Waals surface area contributed by atoms with Crippen molar-refractivity contribution in [3.63, 3.8) is 0 Å². The van der Waals surface area contributed by atoms with Crippen molar-refractivity contribution in [2.24, 2.45) is 5.92 Å². The Bertz CT molecular complexity index is 544. The topological polar surface area (TPSA) is 113 Å². The molecule has 0 fully saturated rings. The first-order chi connectivity index (χ1) is 10.3. The molecule has 2 N–H and O–H groups in total. The third-order valence-electron chi connectivity index (χ3n) is 3.15. The van der Waals surface area contributed by atoms with Crippen LogP contribution in [0.3, 0.4) is 0 Å². The SMILES string of the molecule is CC(CN(C)C(=O)NCCc1ccc([N+](=O)[O-])cc1)C(=O)O. The van der Waals surface area contributed by atoms with E-state index in [1.165, 1.54) is 31.0 Å². The zero-order chi connectivity index (χ0) is 16.7. The number of carboxylic acids is 1. The van der Waals surface area contributed by atoms with E-state index in [1.54, 1.807) is 12.1 Å². The van der Waals surface area contributed by atoms with Gasteiger partial charge in [0.15, 0.2) is 0 Å². The first-order valence-corrected chi connectivity index (χ1v) is 6.76. The van der Waals surface area contributed by atoms with Crippen LogP contribution in [0.5, 0.6) is 0 Å². The predicted molar refractivity (Wildman–Crippen MR) is 79.6 cm³/mol. The van der Waals surface area contributed by atoms with Crippen LogP contribution in [0, 0.1) is 16.0 Å². The van der Waals surface area contributed by atoms with Gasteiger partial charge in [-0.05, 0) is 12.0 Å². The second kappa shape index (κ2) is 7.96. The van der Waals surface area contributed by atoms with Gasteiger partial charge in [-0.3, -0.25) is 14.9 Å². The molecule has 8 nitrogen and oxygen atoms in total. The van der Waals surface area contributed by atoms with Gasteiger partial charge in [0.2, 0.25) is 0 Å². The summed E-state index contributed by atoms with van der Waals surface area (Å²) in [5.74, 6) is -1.59. The molecule has 1 unspecified atom stereocenters. The van der Waals surface area contributed by atoms with Crippen LogP contribution >= 0.6 is 0 Å². The van der Waals surface area contributed by atoms with E-state index < -0.39 is 16.8 Å². The number of nitrogens with zero attached hydrogens (tertiary/aromatic N) is 2. The summed E-state index contributed by atoms with van der Waals surface area (Å²) in [7, 11) is 1.53. The van der Waals surface area contributed by atoms with Gasteiger partial charge in [-0.15, -0.1) is 0 Å². The number of carbonyl (C=O) groups is 2. The monoisotopic (exact) mass is 309 g/mol. The number of nitrogens with one attached hydrogen (secondary N) is 1. The lowest BCUT2D eigenvalue weighted by Crippen LogP contribution is -2.41. The van der Waals surface area contributed by atoms with Crippen LogP contribution in [0.4, 0.5) is 10.5 Å². The number of amides is 2. The highest BCUT2D eigenvalue weighted by Gasteiger charge is 2.16. The molecule has 0 aliphatic rings. The molecule has 1 atom stereocenters. The fourth-order valence-corrected chi connectivity index (χ4v) is 1.80. The number of benzene rings is 1. The quantitative estimate of drug-likeness (QED) is 0.585. The van der Waals surface area contributed by atoms with Crippen molar-refractivity contribution in [3.8, 4) is 0 Å². The van der Waals surface area contributed by atoms with Crippen molar-refractivity contribution < 1.29 is 19.6 Å². The number of hydrogen-bond donors (Lipinski definition) is 2. The molecule has 0 aromatic heterocycles. The van der Waals surface area contributed by atoms with Gasteiger partial charge >= 0.3 is 12.0 Å². The first-order valence-electron chi connectivity index (χ1n) is 6.76. The number of nitro benzene ring substituents is 1. The van der Waals surface area contributed by atoms with Crippen molar-refractivity contribution >= 4 is 17.7 Å². The average Bonchev–Trinajstić information content (AvgIpc) is 2.47. The molecule has 1 aromatic rings. The fraction of sp³-hybridized carbons (Fsp3) is 0.429. The van der Waals surface area contributed by atoms with Gasteiger partial charge in [-0.25, -0.2) is 4.79 Å². The minimum absolute atomic E-state index is 0.0233. The number of non-ortho nitro benzene ring substituents is 1. The Balaban J connectivity index is 2.38. The van der Waals surface area contributed by atoms with E-state index >= 15 is 0 Å². The normalized spacial score (nSPS) is 11.5. The Morgan fingerprint density at radius 3 is 2.45 bits per heavy atom. The number of hydrogen-bond acceptors (Lipinski definition) is 4. The third kappa shape index (κ3) is 5.39. The molecule has 1 rings (SSSR count). The summed E-state index contributed by atoms with van der Waals surface area (Å²) in [5, 5.41) is 22.0. The second-order valence-corrected chi connectivity index (χ2v) is 5.03. The van der Waals surface area contributed by atoms with Gasteiger partial charge in [0.1, 0.15) is 0 Å². The van der Waals surface area contributed by atoms with E-state index in [0.29, 0.717) is 13.0 Å². The molecule has 0 saturated heterocycles. The van der Waals surface area contributed by atoms with Crippen molar-refractivity contribution in [3.05, 3.63) is 39.9 Å². The van der Waals surface area contributed by atoms with E-state index in [4.69, 9.17) is 5.11 Å². The van der Waals surface area contributed by atoms with Crippen molar-refractivity contribution in [1.29, 1.82) is 0 Å². The summed E-state index contributed by atoms with van der Waals surface area (Å²) in [6.45, 7) is 2.02. The Kier molecular flexibility index (Phi) is 6.30. The number of aliphatic carboxylic acids is 1. The zero-order valence-corrected chi connectivity index (χ0v) is 12.5. The Morgan fingerprint density at radius 1 is 1.36 bits per heavy atom. The summed E-state index contributed by atoms with van der Waals surface area (Å²) in [5.41, 5.74) is 0.891.